The average molecular weight is 971 g/mol. The highest BCUT2D eigenvalue weighted by atomic mass is 32.4. The van der Waals surface area contributed by atoms with Crippen molar-refractivity contribution in [2.75, 3.05) is 60.0 Å². The molecule has 3 aromatic carbocycles. The largest absolute Gasteiger partial charge is 0.482 e. The van der Waals surface area contributed by atoms with E-state index in [4.69, 9.17) is 61.5 Å². The summed E-state index contributed by atoms with van der Waals surface area (Å²) in [5, 5.41) is 11.5. The highest BCUT2D eigenvalue weighted by Crippen LogP contribution is 2.53. The summed E-state index contributed by atoms with van der Waals surface area (Å²) in [6.45, 7) is 8.71. The van der Waals surface area contributed by atoms with Crippen molar-refractivity contribution < 1.29 is 41.4 Å². The van der Waals surface area contributed by atoms with Crippen LogP contribution in [0.1, 0.15) is 65.5 Å². The second-order valence-corrected chi connectivity index (χ2v) is 25.1. The van der Waals surface area contributed by atoms with Gasteiger partial charge in [-0.15, -0.1) is 19.8 Å². The van der Waals surface area contributed by atoms with Crippen LogP contribution in [-0.4, -0.2) is 93.5 Å². The van der Waals surface area contributed by atoms with E-state index in [0.29, 0.717) is 35.8 Å². The van der Waals surface area contributed by atoms with Gasteiger partial charge in [0.05, 0.1) is 26.5 Å². The standard InChI is InChI=1S/C39H58N8O9P4S2/c1-13-38(5,57(61)45(7)41-27-31-15-21-34(22-16-31)54-37(3,4)43-44-40)55-35-23-17-32(18-24-35)28-42-46(8)58(62)39(6,14-2)56-36-25-19-33(20-26-36)47(29-59(48,50-9)51-10)30-60(49,52-11)53-12/h15-28H,13-14,29-30H2,1-12H3/q+2/b41-27+,42-28+. The summed E-state index contributed by atoms with van der Waals surface area (Å²) in [7, 11) is 1.74. The van der Waals surface area contributed by atoms with Gasteiger partial charge in [0.25, 0.3) is 10.7 Å². The van der Waals surface area contributed by atoms with Crippen LogP contribution in [0.4, 0.5) is 5.69 Å². The lowest BCUT2D eigenvalue weighted by Crippen LogP contribution is -2.31. The van der Waals surface area contributed by atoms with Crippen molar-refractivity contribution in [3.8, 4) is 17.2 Å². The first-order valence-corrected chi connectivity index (χ1v) is 27.3. The number of benzene rings is 3. The smallest absolute Gasteiger partial charge is 0.358 e. The molecule has 0 fully saturated rings. The van der Waals surface area contributed by atoms with Crippen LogP contribution in [0.3, 0.4) is 0 Å². The van der Waals surface area contributed by atoms with Crippen LogP contribution in [0.25, 0.3) is 10.4 Å². The van der Waals surface area contributed by atoms with Gasteiger partial charge in [0.15, 0.2) is 29.3 Å². The summed E-state index contributed by atoms with van der Waals surface area (Å²) in [5.41, 5.74) is 10.00. The summed E-state index contributed by atoms with van der Waals surface area (Å²) < 4.78 is 69.0. The fraction of sp³-hybridized carbons (Fsp3) is 0.487. The first-order chi connectivity index (χ1) is 29.2. The molecule has 0 N–H and O–H groups in total. The molecule has 0 saturated heterocycles. The average Bonchev–Trinajstić information content (AvgIpc) is 3.27. The Morgan fingerprint density at radius 2 is 0.984 bits per heavy atom. The Morgan fingerprint density at radius 1 is 0.645 bits per heavy atom. The Hall–Kier alpha value is -3.55. The molecule has 62 heavy (non-hydrogen) atoms. The molecule has 0 radical (unpaired) electrons. The van der Waals surface area contributed by atoms with Crippen LogP contribution >= 0.6 is 28.9 Å². The highest BCUT2D eigenvalue weighted by Gasteiger charge is 2.46. The molecular weight excluding hydrogens is 913 g/mol. The Bertz CT molecular complexity index is 2140. The van der Waals surface area contributed by atoms with Crippen molar-refractivity contribution in [2.24, 2.45) is 15.3 Å². The van der Waals surface area contributed by atoms with Crippen LogP contribution in [-0.2, 0) is 50.8 Å². The molecule has 4 unspecified atom stereocenters. The fourth-order valence-electron chi connectivity index (χ4n) is 5.40. The van der Waals surface area contributed by atoms with E-state index in [9.17, 15) is 9.13 Å². The van der Waals surface area contributed by atoms with Crippen molar-refractivity contribution in [2.45, 2.75) is 70.8 Å². The minimum absolute atomic E-state index is 0.196. The van der Waals surface area contributed by atoms with Gasteiger partial charge in [-0.25, -0.2) is 0 Å². The molecule has 3 aromatic rings. The molecule has 0 bridgehead atoms. The van der Waals surface area contributed by atoms with E-state index in [1.807, 2.05) is 78.2 Å². The van der Waals surface area contributed by atoms with Gasteiger partial charge >= 0.3 is 28.9 Å². The molecule has 0 aromatic heterocycles. The molecule has 17 nitrogen and oxygen atoms in total. The van der Waals surface area contributed by atoms with Crippen LogP contribution in [0.5, 0.6) is 17.2 Å². The number of ether oxygens (including phenoxy) is 3. The molecule has 0 spiro atoms. The molecule has 0 heterocycles. The fourth-order valence-corrected chi connectivity index (χ4v) is 11.4. The van der Waals surface area contributed by atoms with Crippen molar-refractivity contribution in [1.82, 2.24) is 9.56 Å². The van der Waals surface area contributed by atoms with Gasteiger partial charge < -0.3 is 37.2 Å². The predicted molar refractivity (Wildman–Crippen MR) is 257 cm³/mol. The van der Waals surface area contributed by atoms with Gasteiger partial charge in [-0.3, -0.25) is 9.13 Å². The number of hydrogen-bond acceptors (Lipinski definition) is 15. The third-order valence-electron chi connectivity index (χ3n) is 9.49. The van der Waals surface area contributed by atoms with Gasteiger partial charge in [-0.1, -0.05) is 13.8 Å². The van der Waals surface area contributed by atoms with E-state index >= 15 is 0 Å². The zero-order valence-corrected chi connectivity index (χ0v) is 42.5. The van der Waals surface area contributed by atoms with E-state index < -0.39 is 45.3 Å². The molecule has 4 atom stereocenters. The monoisotopic (exact) mass is 970 g/mol. The Balaban J connectivity index is 1.66. The molecule has 0 aliphatic heterocycles. The van der Waals surface area contributed by atoms with E-state index in [1.165, 1.54) is 28.4 Å². The van der Waals surface area contributed by atoms with Crippen LogP contribution in [0.2, 0.25) is 0 Å². The molecule has 0 amide bonds. The summed E-state index contributed by atoms with van der Waals surface area (Å²) in [6.07, 6.45) is 4.33. The summed E-state index contributed by atoms with van der Waals surface area (Å²) in [6, 6.07) is 21.9. The summed E-state index contributed by atoms with van der Waals surface area (Å²) in [5.74, 6) is 1.79. The van der Waals surface area contributed by atoms with E-state index in [0.717, 1.165) is 11.1 Å². The van der Waals surface area contributed by atoms with Gasteiger partial charge in [0.2, 0.25) is 0 Å². The zero-order valence-electron chi connectivity index (χ0n) is 37.3. The van der Waals surface area contributed by atoms with Gasteiger partial charge in [0, 0.05) is 65.7 Å². The van der Waals surface area contributed by atoms with Gasteiger partial charge in [-0.2, -0.15) is 0 Å². The minimum Gasteiger partial charge on any atom is -0.482 e. The van der Waals surface area contributed by atoms with Crippen LogP contribution < -0.4 is 19.1 Å². The van der Waals surface area contributed by atoms with Crippen LogP contribution in [0.15, 0.2) is 88.1 Å². The lowest BCUT2D eigenvalue weighted by Gasteiger charge is -2.30. The third kappa shape index (κ3) is 15.0. The van der Waals surface area contributed by atoms with E-state index in [1.54, 1.807) is 77.1 Å². The quantitative estimate of drug-likeness (QED) is 0.0185. The molecule has 0 aliphatic carbocycles. The lowest BCUT2D eigenvalue weighted by molar-refractivity contribution is 0.117. The van der Waals surface area contributed by atoms with E-state index in [-0.39, 0.29) is 12.6 Å². The molecule has 338 valence electrons. The first-order valence-electron chi connectivity index (χ1n) is 19.3. The van der Waals surface area contributed by atoms with Gasteiger partial charge in [-0.05, 0) is 108 Å². The Labute approximate surface area is 377 Å². The maximum Gasteiger partial charge on any atom is 0.358 e. The molecular formula is C39H58N8O9P4S2+2. The van der Waals surface area contributed by atoms with Crippen molar-refractivity contribution in [3.05, 3.63) is 94.4 Å². The Morgan fingerprint density at radius 3 is 1.31 bits per heavy atom. The maximum absolute atomic E-state index is 13.1. The second kappa shape index (κ2) is 23.4. The number of anilines is 1. The molecule has 0 aliphatic rings. The normalized spacial score (nSPS) is 14.6. The van der Waals surface area contributed by atoms with Crippen molar-refractivity contribution in [1.29, 1.82) is 0 Å². The lowest BCUT2D eigenvalue weighted by atomic mass is 10.2. The van der Waals surface area contributed by atoms with Crippen molar-refractivity contribution >= 4 is 70.6 Å². The van der Waals surface area contributed by atoms with Crippen molar-refractivity contribution in [3.63, 3.8) is 0 Å². The number of nitrogens with zero attached hydrogens (tertiary/aromatic N) is 8. The highest BCUT2D eigenvalue weighted by molar-refractivity contribution is 8.04. The maximum atomic E-state index is 13.1. The minimum atomic E-state index is -3.54. The Kier molecular flexibility index (Phi) is 19.9. The SMILES string of the molecule is CCC(C)(Oc1ccc(/C=N/N(C)[P+](=S)C(C)(CC)Oc2ccc(N(CP(=O)(OC)OC)CP(=O)(OC)OC)cc2)cc1)[P+](=S)N(C)/N=C/c1ccc(OC(C)(C)N=[N+]=[N-])cc1. The third-order valence-corrected chi connectivity index (χ3v) is 20.5. The number of rotatable bonds is 26. The van der Waals surface area contributed by atoms with Crippen LogP contribution in [0, 0.1) is 0 Å². The van der Waals surface area contributed by atoms with E-state index in [2.05, 4.69) is 20.2 Å². The predicted octanol–water partition coefficient (Wildman–Crippen LogP) is 11.5. The number of hydrazone groups is 2. The molecule has 3 rings (SSSR count). The number of azide groups is 1. The zero-order chi connectivity index (χ0) is 46.4. The molecule has 23 heteroatoms. The summed E-state index contributed by atoms with van der Waals surface area (Å²) in [4.78, 5) is 4.39. The number of hydrogen-bond donors (Lipinski definition) is 0. The topological polar surface area (TPSA) is 182 Å². The van der Waals surface area contributed by atoms with Gasteiger partial charge in [0.1, 0.15) is 29.8 Å². The second-order valence-electron chi connectivity index (χ2n) is 14.4. The summed E-state index contributed by atoms with van der Waals surface area (Å²) >= 11 is 12.0. The first kappa shape index (κ1) is 52.8. The molecule has 0 saturated carbocycles.